The van der Waals surface area contributed by atoms with Gasteiger partial charge in [0, 0.05) is 12.0 Å². The maximum Gasteiger partial charge on any atom is 0.0144 e. The van der Waals surface area contributed by atoms with Gasteiger partial charge >= 0.3 is 0 Å². The molecule has 1 atom stereocenters. The first kappa shape index (κ1) is 14.8. The Morgan fingerprint density at radius 1 is 1.10 bits per heavy atom. The SMILES string of the molecule is CC(CC1=CC2(CCCCC2)c2ccccc21)CN(C)C. The minimum Gasteiger partial charge on any atom is -0.309 e. The fourth-order valence-corrected chi connectivity index (χ4v) is 4.51. The predicted molar refractivity (Wildman–Crippen MR) is 91.5 cm³/mol. The van der Waals surface area contributed by atoms with Crippen LogP contribution < -0.4 is 0 Å². The molecule has 3 rings (SSSR count). The van der Waals surface area contributed by atoms with E-state index in [2.05, 4.69) is 56.3 Å². The quantitative estimate of drug-likeness (QED) is 0.761. The van der Waals surface area contributed by atoms with Gasteiger partial charge in [0.2, 0.25) is 0 Å². The molecule has 1 spiro atoms. The van der Waals surface area contributed by atoms with Crippen molar-refractivity contribution in [1.82, 2.24) is 4.90 Å². The molecule has 2 aliphatic carbocycles. The molecular weight excluding hydrogens is 254 g/mol. The fourth-order valence-electron chi connectivity index (χ4n) is 4.51. The van der Waals surface area contributed by atoms with Crippen LogP contribution in [0, 0.1) is 5.92 Å². The second-order valence-electron chi connectivity index (χ2n) is 7.50. The van der Waals surface area contributed by atoms with Crippen LogP contribution in [0.15, 0.2) is 30.3 Å². The van der Waals surface area contributed by atoms with Gasteiger partial charge in [-0.1, -0.05) is 56.5 Å². The largest absolute Gasteiger partial charge is 0.309 e. The molecule has 0 amide bonds. The van der Waals surface area contributed by atoms with Crippen LogP contribution in [0.2, 0.25) is 0 Å². The average molecular weight is 283 g/mol. The van der Waals surface area contributed by atoms with Crippen LogP contribution in [0.25, 0.3) is 5.57 Å². The molecule has 1 fully saturated rings. The van der Waals surface area contributed by atoms with Crippen molar-refractivity contribution < 1.29 is 0 Å². The van der Waals surface area contributed by atoms with Crippen LogP contribution in [0.5, 0.6) is 0 Å². The van der Waals surface area contributed by atoms with E-state index in [1.54, 1.807) is 16.7 Å². The molecule has 0 bridgehead atoms. The molecule has 0 saturated heterocycles. The molecule has 0 N–H and O–H groups in total. The summed E-state index contributed by atoms with van der Waals surface area (Å²) in [4.78, 5) is 2.31. The number of hydrogen-bond donors (Lipinski definition) is 0. The lowest BCUT2D eigenvalue weighted by atomic mass is 9.71. The van der Waals surface area contributed by atoms with Gasteiger partial charge in [-0.3, -0.25) is 0 Å². The van der Waals surface area contributed by atoms with Crippen molar-refractivity contribution in [1.29, 1.82) is 0 Å². The van der Waals surface area contributed by atoms with E-state index in [4.69, 9.17) is 0 Å². The number of hydrogen-bond acceptors (Lipinski definition) is 1. The van der Waals surface area contributed by atoms with E-state index in [-0.39, 0.29) is 0 Å². The van der Waals surface area contributed by atoms with Crippen LogP contribution in [0.1, 0.15) is 56.6 Å². The van der Waals surface area contributed by atoms with Gasteiger partial charge in [0.1, 0.15) is 0 Å². The molecule has 0 heterocycles. The number of benzene rings is 1. The summed E-state index contributed by atoms with van der Waals surface area (Å²) in [6, 6.07) is 9.19. The van der Waals surface area contributed by atoms with Gasteiger partial charge in [-0.15, -0.1) is 0 Å². The van der Waals surface area contributed by atoms with Gasteiger partial charge in [0.15, 0.2) is 0 Å². The molecule has 21 heavy (non-hydrogen) atoms. The topological polar surface area (TPSA) is 3.24 Å². The highest BCUT2D eigenvalue weighted by atomic mass is 15.1. The predicted octanol–water partition coefficient (Wildman–Crippen LogP) is 4.87. The maximum absolute atomic E-state index is 2.66. The number of fused-ring (bicyclic) bond motifs is 2. The van der Waals surface area contributed by atoms with E-state index in [9.17, 15) is 0 Å². The molecule has 1 nitrogen and oxygen atoms in total. The van der Waals surface area contributed by atoms with Gasteiger partial charge in [-0.25, -0.2) is 0 Å². The highest BCUT2D eigenvalue weighted by Crippen LogP contribution is 2.50. The van der Waals surface area contributed by atoms with Crippen LogP contribution in [0.4, 0.5) is 0 Å². The van der Waals surface area contributed by atoms with E-state index >= 15 is 0 Å². The van der Waals surface area contributed by atoms with Crippen molar-refractivity contribution in [3.63, 3.8) is 0 Å². The van der Waals surface area contributed by atoms with Crippen molar-refractivity contribution in [3.8, 4) is 0 Å². The maximum atomic E-state index is 2.66. The van der Waals surface area contributed by atoms with Crippen molar-refractivity contribution in [3.05, 3.63) is 41.5 Å². The van der Waals surface area contributed by atoms with Crippen molar-refractivity contribution >= 4 is 5.57 Å². The lowest BCUT2D eigenvalue weighted by Gasteiger charge is -2.33. The molecule has 1 saturated carbocycles. The number of allylic oxidation sites excluding steroid dienone is 2. The van der Waals surface area contributed by atoms with Crippen LogP contribution in [0.3, 0.4) is 0 Å². The van der Waals surface area contributed by atoms with Crippen LogP contribution in [-0.2, 0) is 5.41 Å². The zero-order valence-corrected chi connectivity index (χ0v) is 13.9. The van der Waals surface area contributed by atoms with Gasteiger partial charge in [-0.05, 0) is 56.0 Å². The summed E-state index contributed by atoms with van der Waals surface area (Å²) in [5.41, 5.74) is 5.16. The summed E-state index contributed by atoms with van der Waals surface area (Å²) >= 11 is 0. The third-order valence-electron chi connectivity index (χ3n) is 5.25. The minimum absolute atomic E-state index is 0.377. The molecule has 0 aromatic heterocycles. The first-order chi connectivity index (χ1) is 10.1. The summed E-state index contributed by atoms with van der Waals surface area (Å²) in [6.07, 6.45) is 10.8. The Morgan fingerprint density at radius 2 is 1.81 bits per heavy atom. The summed E-state index contributed by atoms with van der Waals surface area (Å²) < 4.78 is 0. The molecule has 114 valence electrons. The highest BCUT2D eigenvalue weighted by molar-refractivity contribution is 5.76. The first-order valence-electron chi connectivity index (χ1n) is 8.57. The normalized spacial score (nSPS) is 21.4. The number of rotatable bonds is 4. The molecule has 1 heteroatoms. The van der Waals surface area contributed by atoms with Gasteiger partial charge in [-0.2, -0.15) is 0 Å². The second-order valence-corrected chi connectivity index (χ2v) is 7.50. The molecule has 1 aromatic rings. The first-order valence-corrected chi connectivity index (χ1v) is 8.57. The van der Waals surface area contributed by atoms with E-state index < -0.39 is 0 Å². The monoisotopic (exact) mass is 283 g/mol. The molecule has 1 unspecified atom stereocenters. The summed E-state index contributed by atoms with van der Waals surface area (Å²) in [6.45, 7) is 3.56. The molecule has 0 radical (unpaired) electrons. The summed E-state index contributed by atoms with van der Waals surface area (Å²) in [7, 11) is 4.35. The van der Waals surface area contributed by atoms with Gasteiger partial charge in [0.05, 0.1) is 0 Å². The zero-order chi connectivity index (χ0) is 14.9. The Hall–Kier alpha value is -1.08. The molecule has 2 aliphatic rings. The average Bonchev–Trinajstić information content (AvgIpc) is 2.73. The fraction of sp³-hybridized carbons (Fsp3) is 0.600. The second kappa shape index (κ2) is 5.96. The third kappa shape index (κ3) is 2.94. The number of nitrogens with zero attached hydrogens (tertiary/aromatic N) is 1. The Kier molecular flexibility index (Phi) is 4.21. The third-order valence-corrected chi connectivity index (χ3v) is 5.25. The van der Waals surface area contributed by atoms with Crippen LogP contribution in [-0.4, -0.2) is 25.5 Å². The summed E-state index contributed by atoms with van der Waals surface area (Å²) in [5.74, 6) is 0.720. The van der Waals surface area contributed by atoms with Gasteiger partial charge in [0.25, 0.3) is 0 Å². The Bertz CT molecular complexity index is 520. The molecule has 1 aromatic carbocycles. The van der Waals surface area contributed by atoms with E-state index in [0.717, 1.165) is 5.92 Å². The lowest BCUT2D eigenvalue weighted by Crippen LogP contribution is -2.24. The van der Waals surface area contributed by atoms with Gasteiger partial charge < -0.3 is 4.90 Å². The van der Waals surface area contributed by atoms with Crippen molar-refractivity contribution in [2.75, 3.05) is 20.6 Å². The highest BCUT2D eigenvalue weighted by Gasteiger charge is 2.38. The Balaban J connectivity index is 1.88. The van der Waals surface area contributed by atoms with E-state index in [1.165, 1.54) is 45.1 Å². The molecular formula is C20H29N. The van der Waals surface area contributed by atoms with E-state index in [0.29, 0.717) is 5.41 Å². The Labute approximate surface area is 130 Å². The van der Waals surface area contributed by atoms with E-state index in [1.807, 2.05) is 0 Å². The van der Waals surface area contributed by atoms with Crippen LogP contribution >= 0.6 is 0 Å². The van der Waals surface area contributed by atoms with Crippen molar-refractivity contribution in [2.45, 2.75) is 50.9 Å². The lowest BCUT2D eigenvalue weighted by molar-refractivity contribution is 0.342. The Morgan fingerprint density at radius 3 is 2.52 bits per heavy atom. The zero-order valence-electron chi connectivity index (χ0n) is 13.9. The molecule has 0 aliphatic heterocycles. The standard InChI is InChI=1S/C20H29N/c1-16(15-21(2)3)13-17-14-20(11-7-4-8-12-20)19-10-6-5-9-18(17)19/h5-6,9-10,14,16H,4,7-8,11-13,15H2,1-3H3. The summed E-state index contributed by atoms with van der Waals surface area (Å²) in [5, 5.41) is 0. The van der Waals surface area contributed by atoms with Crippen molar-refractivity contribution in [2.24, 2.45) is 5.92 Å². The minimum atomic E-state index is 0.377. The smallest absolute Gasteiger partial charge is 0.0144 e.